The van der Waals surface area contributed by atoms with Gasteiger partial charge in [0, 0.05) is 20.8 Å². The zero-order chi connectivity index (χ0) is 28.4. The molecule has 37 heavy (non-hydrogen) atoms. The molecule has 0 aromatic rings. The van der Waals surface area contributed by atoms with Crippen LogP contribution in [0.25, 0.3) is 0 Å². The molecule has 0 bridgehead atoms. The Balaban J connectivity index is 2.99. The van der Waals surface area contributed by atoms with E-state index in [0.29, 0.717) is 6.42 Å². The van der Waals surface area contributed by atoms with E-state index in [1.807, 2.05) is 20.8 Å². The van der Waals surface area contributed by atoms with Crippen molar-refractivity contribution in [2.45, 2.75) is 137 Å². The van der Waals surface area contributed by atoms with Crippen molar-refractivity contribution in [3.63, 3.8) is 0 Å². The molecule has 1 heterocycles. The predicted molar refractivity (Wildman–Crippen MR) is 141 cm³/mol. The second-order valence-corrected chi connectivity index (χ2v) is 12.3. The maximum Gasteiger partial charge on any atom is 0.338 e. The molecule has 1 rings (SSSR count). The third-order valence-electron chi connectivity index (χ3n) is 6.32. The molecule has 2 N–H and O–H groups in total. The van der Waals surface area contributed by atoms with Crippen LogP contribution in [0.1, 0.15) is 114 Å². The van der Waals surface area contributed by atoms with Crippen molar-refractivity contribution in [2.24, 2.45) is 11.3 Å². The molecule has 0 aromatic carbocycles. The number of carbonyl (C=O) groups excluding carboxylic acids is 4. The number of rotatable bonds is 15. The van der Waals surface area contributed by atoms with Crippen molar-refractivity contribution in [1.82, 2.24) is 10.6 Å². The highest BCUT2D eigenvalue weighted by atomic mass is 16.8. The van der Waals surface area contributed by atoms with Crippen LogP contribution in [0.5, 0.6) is 0 Å². The number of ether oxygens (including phenoxy) is 3. The van der Waals surface area contributed by atoms with Crippen LogP contribution < -0.4 is 10.6 Å². The van der Waals surface area contributed by atoms with Gasteiger partial charge in [0.05, 0.1) is 11.5 Å². The van der Waals surface area contributed by atoms with Crippen molar-refractivity contribution in [3.8, 4) is 0 Å². The summed E-state index contributed by atoms with van der Waals surface area (Å²) in [5, 5.41) is 5.77. The van der Waals surface area contributed by atoms with Crippen LogP contribution in [0.3, 0.4) is 0 Å². The van der Waals surface area contributed by atoms with Gasteiger partial charge in [-0.15, -0.1) is 0 Å². The van der Waals surface area contributed by atoms with E-state index in [-0.39, 0.29) is 6.61 Å². The molecule has 0 aliphatic carbocycles. The number of hydrogen-bond acceptors (Lipinski definition) is 7. The van der Waals surface area contributed by atoms with Crippen molar-refractivity contribution in [2.75, 3.05) is 6.61 Å². The van der Waals surface area contributed by atoms with Gasteiger partial charge in [0.2, 0.25) is 17.6 Å². The molecule has 1 fully saturated rings. The fourth-order valence-corrected chi connectivity index (χ4v) is 4.31. The van der Waals surface area contributed by atoms with Gasteiger partial charge in [-0.05, 0) is 25.7 Å². The normalized spacial score (nSPS) is 19.1. The summed E-state index contributed by atoms with van der Waals surface area (Å²) in [6.45, 7) is 15.8. The summed E-state index contributed by atoms with van der Waals surface area (Å²) < 4.78 is 16.2. The first-order chi connectivity index (χ1) is 17.0. The number of nitrogens with one attached hydrogen (secondary N) is 2. The number of amides is 2. The van der Waals surface area contributed by atoms with Crippen LogP contribution in [-0.2, 0) is 33.4 Å². The van der Waals surface area contributed by atoms with Crippen molar-refractivity contribution in [3.05, 3.63) is 0 Å². The second-order valence-electron chi connectivity index (χ2n) is 12.3. The second kappa shape index (κ2) is 14.1. The first kappa shape index (κ1) is 32.9. The molecular weight excluding hydrogens is 476 g/mol. The minimum Gasteiger partial charge on any atom is -0.463 e. The summed E-state index contributed by atoms with van der Waals surface area (Å²) in [7, 11) is 0. The average molecular weight is 527 g/mol. The monoisotopic (exact) mass is 526 g/mol. The minimum absolute atomic E-state index is 0.00337. The van der Waals surface area contributed by atoms with E-state index >= 15 is 0 Å². The molecule has 9 nitrogen and oxygen atoms in total. The van der Waals surface area contributed by atoms with Crippen LogP contribution in [0.4, 0.5) is 0 Å². The van der Waals surface area contributed by atoms with Gasteiger partial charge in [0.1, 0.15) is 12.6 Å². The average Bonchev–Trinajstić information content (AvgIpc) is 3.03. The van der Waals surface area contributed by atoms with Crippen molar-refractivity contribution >= 4 is 23.8 Å². The molecule has 0 radical (unpaired) electrons. The van der Waals surface area contributed by atoms with Gasteiger partial charge in [0.25, 0.3) is 0 Å². The lowest BCUT2D eigenvalue weighted by Crippen LogP contribution is -2.60. The molecule has 1 aliphatic heterocycles. The van der Waals surface area contributed by atoms with Crippen molar-refractivity contribution < 1.29 is 33.4 Å². The summed E-state index contributed by atoms with van der Waals surface area (Å²) in [5.74, 6) is -3.71. The Bertz CT molecular complexity index is 786. The van der Waals surface area contributed by atoms with Gasteiger partial charge in [-0.2, -0.15) is 0 Å². The quantitative estimate of drug-likeness (QED) is 0.240. The summed E-state index contributed by atoms with van der Waals surface area (Å²) in [5.41, 5.74) is -1.46. The molecule has 0 aromatic heterocycles. The van der Waals surface area contributed by atoms with E-state index in [9.17, 15) is 19.2 Å². The lowest BCUT2D eigenvalue weighted by Gasteiger charge is -2.35. The van der Waals surface area contributed by atoms with Gasteiger partial charge in [-0.1, -0.05) is 72.6 Å². The number of esters is 2. The lowest BCUT2D eigenvalue weighted by atomic mass is 9.84. The van der Waals surface area contributed by atoms with Crippen LogP contribution in [-0.4, -0.2) is 53.8 Å². The number of carbonyl (C=O) groups is 4. The van der Waals surface area contributed by atoms with Crippen LogP contribution in [0, 0.1) is 11.3 Å². The summed E-state index contributed by atoms with van der Waals surface area (Å²) in [6, 6.07) is -0.890. The van der Waals surface area contributed by atoms with Crippen LogP contribution in [0.2, 0.25) is 0 Å². The highest BCUT2D eigenvalue weighted by Gasteiger charge is 2.48. The Morgan fingerprint density at radius 3 is 2.03 bits per heavy atom. The molecule has 9 heteroatoms. The van der Waals surface area contributed by atoms with E-state index in [4.69, 9.17) is 14.2 Å². The molecule has 3 atom stereocenters. The minimum atomic E-state index is -1.11. The van der Waals surface area contributed by atoms with E-state index in [2.05, 4.69) is 17.6 Å². The van der Waals surface area contributed by atoms with Gasteiger partial charge in [0.15, 0.2) is 6.10 Å². The maximum absolute atomic E-state index is 13.6. The van der Waals surface area contributed by atoms with E-state index in [1.54, 1.807) is 27.7 Å². The summed E-state index contributed by atoms with van der Waals surface area (Å²) in [4.78, 5) is 50.7. The molecule has 2 amide bonds. The zero-order valence-corrected chi connectivity index (χ0v) is 24.5. The van der Waals surface area contributed by atoms with E-state index in [0.717, 1.165) is 25.7 Å². The van der Waals surface area contributed by atoms with Crippen molar-refractivity contribution in [1.29, 1.82) is 0 Å². The third kappa shape index (κ3) is 11.8. The van der Waals surface area contributed by atoms with Gasteiger partial charge >= 0.3 is 11.9 Å². The van der Waals surface area contributed by atoms with Gasteiger partial charge < -0.3 is 24.8 Å². The fourth-order valence-electron chi connectivity index (χ4n) is 4.31. The number of unbranched alkanes of at least 4 members (excludes halogenated alkanes) is 6. The number of cyclic esters (lactones) is 1. The van der Waals surface area contributed by atoms with Crippen LogP contribution in [0.15, 0.2) is 0 Å². The smallest absolute Gasteiger partial charge is 0.338 e. The highest BCUT2D eigenvalue weighted by molar-refractivity contribution is 5.92. The predicted octanol–water partition coefficient (Wildman–Crippen LogP) is 4.41. The Labute approximate surface area is 223 Å². The Morgan fingerprint density at radius 2 is 1.54 bits per heavy atom. The maximum atomic E-state index is 13.6. The van der Waals surface area contributed by atoms with Gasteiger partial charge in [-0.3, -0.25) is 14.4 Å². The van der Waals surface area contributed by atoms with Gasteiger partial charge in [-0.25, -0.2) is 4.79 Å². The largest absolute Gasteiger partial charge is 0.463 e. The topological polar surface area (TPSA) is 120 Å². The fraction of sp³-hybridized carbons (Fsp3) is 0.857. The summed E-state index contributed by atoms with van der Waals surface area (Å²) in [6.07, 6.45) is 6.95. The molecule has 0 unspecified atom stereocenters. The Hall–Kier alpha value is -2.16. The first-order valence-electron chi connectivity index (χ1n) is 13.7. The molecule has 214 valence electrons. The third-order valence-corrected chi connectivity index (χ3v) is 6.32. The molecule has 1 aliphatic rings. The van der Waals surface area contributed by atoms with E-state index in [1.165, 1.54) is 26.2 Å². The summed E-state index contributed by atoms with van der Waals surface area (Å²) >= 11 is 0. The number of hydrogen-bond donors (Lipinski definition) is 2. The standard InChI is InChI=1S/C28H50N2O7/c1-10-11-12-13-14-15-16-17-20(21-25(34)37-28(8,9)36-21)23(32)29-22(26(3,4)5)24(33)30-27(6,7)18-35-19(2)31/h20-22H,10-18H2,1-9H3,(H,29,32)(H,30,33)/t20-,21+,22-/m1/s1. The highest BCUT2D eigenvalue weighted by Crippen LogP contribution is 2.31. The molecular formula is C28H50N2O7. The SMILES string of the molecule is CCCCCCCCC[C@@H](C(=O)N[C@H](C(=O)NC(C)(C)COC(C)=O)C(C)(C)C)[C@@H]1OC(C)(C)OC1=O. The molecule has 1 saturated heterocycles. The lowest BCUT2D eigenvalue weighted by molar-refractivity contribution is -0.162. The Kier molecular flexibility index (Phi) is 12.5. The van der Waals surface area contributed by atoms with Crippen LogP contribution >= 0.6 is 0 Å². The molecule has 0 spiro atoms. The first-order valence-corrected chi connectivity index (χ1v) is 13.7. The molecule has 0 saturated carbocycles. The Morgan fingerprint density at radius 1 is 0.973 bits per heavy atom. The zero-order valence-electron chi connectivity index (χ0n) is 24.5. The van der Waals surface area contributed by atoms with E-state index < -0.39 is 58.6 Å².